The number of ether oxygens (including phenoxy) is 1. The van der Waals surface area contributed by atoms with Gasteiger partial charge in [0.1, 0.15) is 5.75 Å². The molecule has 3 rings (SSSR count). The van der Waals surface area contributed by atoms with Gasteiger partial charge in [0.2, 0.25) is 5.91 Å². The predicted octanol–water partition coefficient (Wildman–Crippen LogP) is 1.59. The van der Waals surface area contributed by atoms with E-state index in [9.17, 15) is 4.79 Å². The number of aliphatic imine (C=N–C) groups is 1. The molecule has 7 nitrogen and oxygen atoms in total. The first kappa shape index (κ1) is 22.7. The van der Waals surface area contributed by atoms with Gasteiger partial charge in [0.05, 0.1) is 13.7 Å². The maximum Gasteiger partial charge on any atom is 0.234 e. The summed E-state index contributed by atoms with van der Waals surface area (Å²) in [6, 6.07) is 6.65. The van der Waals surface area contributed by atoms with Crippen LogP contribution in [0.2, 0.25) is 0 Å². The molecule has 156 valence electrons. The van der Waals surface area contributed by atoms with Gasteiger partial charge in [-0.15, -0.1) is 24.0 Å². The fourth-order valence-corrected chi connectivity index (χ4v) is 3.38. The Kier molecular flexibility index (Phi) is 8.81. The molecular formula is C20H32IN5O2. The summed E-state index contributed by atoms with van der Waals surface area (Å²) in [7, 11) is 3.50. The largest absolute Gasteiger partial charge is 0.497 e. The summed E-state index contributed by atoms with van der Waals surface area (Å²) in [6.45, 7) is 6.75. The molecule has 2 aliphatic rings. The van der Waals surface area contributed by atoms with Crippen molar-refractivity contribution in [3.05, 3.63) is 29.3 Å². The number of carbonyl (C=O) groups is 1. The molecule has 1 saturated carbocycles. The van der Waals surface area contributed by atoms with E-state index in [1.54, 1.807) is 7.11 Å². The molecule has 1 aromatic rings. The minimum atomic E-state index is 0. The predicted molar refractivity (Wildman–Crippen MR) is 123 cm³/mol. The summed E-state index contributed by atoms with van der Waals surface area (Å²) in [4.78, 5) is 20.9. The van der Waals surface area contributed by atoms with Crippen LogP contribution in [0.3, 0.4) is 0 Å². The molecule has 1 aliphatic heterocycles. The van der Waals surface area contributed by atoms with Crippen LogP contribution in [-0.4, -0.2) is 74.6 Å². The number of halogens is 1. The molecule has 1 aliphatic carbocycles. The molecule has 1 saturated heterocycles. The van der Waals surface area contributed by atoms with Crippen LogP contribution in [-0.2, 0) is 11.3 Å². The fraction of sp³-hybridized carbons (Fsp3) is 0.600. The quantitative estimate of drug-likeness (QED) is 0.352. The van der Waals surface area contributed by atoms with Crippen molar-refractivity contribution in [1.29, 1.82) is 0 Å². The maximum absolute atomic E-state index is 12.0. The third kappa shape index (κ3) is 6.80. The van der Waals surface area contributed by atoms with Crippen molar-refractivity contribution in [1.82, 2.24) is 20.4 Å². The number of guanidine groups is 1. The van der Waals surface area contributed by atoms with Crippen molar-refractivity contribution in [3.8, 4) is 5.75 Å². The molecule has 2 N–H and O–H groups in total. The van der Waals surface area contributed by atoms with Crippen molar-refractivity contribution >= 4 is 35.8 Å². The van der Waals surface area contributed by atoms with E-state index in [-0.39, 0.29) is 29.9 Å². The number of nitrogens with one attached hydrogen (secondary N) is 2. The number of rotatable bonds is 6. The van der Waals surface area contributed by atoms with Gasteiger partial charge in [-0.2, -0.15) is 0 Å². The normalized spacial score (nSPS) is 17.7. The highest BCUT2D eigenvalue weighted by Crippen LogP contribution is 2.18. The SMILES string of the molecule is CN=C(NCc1cc(C)cc(OC)c1)N1CCN(CC(=O)NC2CC2)CC1.I. The number of hydrogen-bond acceptors (Lipinski definition) is 4. The Balaban J connectivity index is 0.00000280. The van der Waals surface area contributed by atoms with Crippen LogP contribution in [0, 0.1) is 6.92 Å². The minimum absolute atomic E-state index is 0. The molecule has 0 aromatic heterocycles. The lowest BCUT2D eigenvalue weighted by Crippen LogP contribution is -2.54. The first-order chi connectivity index (χ1) is 13.1. The molecule has 2 fully saturated rings. The van der Waals surface area contributed by atoms with Crippen molar-refractivity contribution in [3.63, 3.8) is 0 Å². The van der Waals surface area contributed by atoms with E-state index in [1.165, 1.54) is 11.1 Å². The Bertz CT molecular complexity index is 685. The first-order valence-electron chi connectivity index (χ1n) is 9.69. The van der Waals surface area contributed by atoms with E-state index < -0.39 is 0 Å². The molecule has 1 aromatic carbocycles. The lowest BCUT2D eigenvalue weighted by atomic mass is 10.1. The third-order valence-electron chi connectivity index (χ3n) is 4.99. The van der Waals surface area contributed by atoms with Gasteiger partial charge in [-0.3, -0.25) is 14.7 Å². The van der Waals surface area contributed by atoms with E-state index in [0.29, 0.717) is 19.1 Å². The second-order valence-corrected chi connectivity index (χ2v) is 7.36. The number of piperazine rings is 1. The number of aryl methyl sites for hydroxylation is 1. The van der Waals surface area contributed by atoms with Gasteiger partial charge in [0.25, 0.3) is 0 Å². The van der Waals surface area contributed by atoms with Crippen molar-refractivity contribution < 1.29 is 9.53 Å². The molecule has 1 amide bonds. The summed E-state index contributed by atoms with van der Waals surface area (Å²) in [6.07, 6.45) is 2.27. The average Bonchev–Trinajstić information content (AvgIpc) is 3.46. The van der Waals surface area contributed by atoms with E-state index >= 15 is 0 Å². The number of carbonyl (C=O) groups excluding carboxylic acids is 1. The van der Waals surface area contributed by atoms with Crippen LogP contribution in [0.1, 0.15) is 24.0 Å². The minimum Gasteiger partial charge on any atom is -0.497 e. The Morgan fingerprint density at radius 1 is 1.21 bits per heavy atom. The average molecular weight is 501 g/mol. The molecule has 0 radical (unpaired) electrons. The standard InChI is InChI=1S/C20H31N5O2.HI/c1-15-10-16(12-18(11-15)27-3)13-22-20(21-2)25-8-6-24(7-9-25)14-19(26)23-17-4-5-17;/h10-12,17H,4-9,13-14H2,1-3H3,(H,21,22)(H,23,26);1H. The second-order valence-electron chi connectivity index (χ2n) is 7.36. The van der Waals surface area contributed by atoms with Crippen LogP contribution in [0.15, 0.2) is 23.2 Å². The number of methoxy groups -OCH3 is 1. The third-order valence-corrected chi connectivity index (χ3v) is 4.99. The summed E-state index contributed by atoms with van der Waals surface area (Å²) >= 11 is 0. The highest BCUT2D eigenvalue weighted by Gasteiger charge is 2.25. The van der Waals surface area contributed by atoms with Crippen molar-refractivity contribution in [2.24, 2.45) is 4.99 Å². The highest BCUT2D eigenvalue weighted by atomic mass is 127. The first-order valence-corrected chi connectivity index (χ1v) is 9.69. The summed E-state index contributed by atoms with van der Waals surface area (Å²) in [5, 5.41) is 6.50. The number of hydrogen-bond donors (Lipinski definition) is 2. The van der Waals surface area contributed by atoms with Crippen LogP contribution in [0.25, 0.3) is 0 Å². The lowest BCUT2D eigenvalue weighted by molar-refractivity contribution is -0.122. The second kappa shape index (κ2) is 10.8. The Hall–Kier alpha value is -1.55. The lowest BCUT2D eigenvalue weighted by Gasteiger charge is -2.36. The van der Waals surface area contributed by atoms with E-state index in [0.717, 1.165) is 50.7 Å². The van der Waals surface area contributed by atoms with Crippen LogP contribution in [0.4, 0.5) is 0 Å². The molecule has 0 spiro atoms. The number of benzene rings is 1. The molecule has 0 atom stereocenters. The molecule has 1 heterocycles. The zero-order valence-corrected chi connectivity index (χ0v) is 19.4. The Morgan fingerprint density at radius 2 is 1.93 bits per heavy atom. The van der Waals surface area contributed by atoms with Gasteiger partial charge in [-0.05, 0) is 43.0 Å². The molecule has 28 heavy (non-hydrogen) atoms. The zero-order valence-electron chi connectivity index (χ0n) is 17.0. The van der Waals surface area contributed by atoms with Crippen LogP contribution >= 0.6 is 24.0 Å². The van der Waals surface area contributed by atoms with Crippen molar-refractivity contribution in [2.45, 2.75) is 32.4 Å². The number of amides is 1. The maximum atomic E-state index is 12.0. The zero-order chi connectivity index (χ0) is 19.2. The van der Waals surface area contributed by atoms with Gasteiger partial charge in [0.15, 0.2) is 5.96 Å². The Morgan fingerprint density at radius 3 is 2.54 bits per heavy atom. The van der Waals surface area contributed by atoms with Gasteiger partial charge in [0, 0.05) is 45.8 Å². The molecule has 8 heteroatoms. The van der Waals surface area contributed by atoms with Gasteiger partial charge >= 0.3 is 0 Å². The smallest absolute Gasteiger partial charge is 0.234 e. The fourth-order valence-electron chi connectivity index (χ4n) is 3.38. The summed E-state index contributed by atoms with van der Waals surface area (Å²) in [5.41, 5.74) is 2.35. The topological polar surface area (TPSA) is 69.2 Å². The van der Waals surface area contributed by atoms with Gasteiger partial charge < -0.3 is 20.3 Å². The summed E-state index contributed by atoms with van der Waals surface area (Å²) < 4.78 is 5.35. The van der Waals surface area contributed by atoms with E-state index in [2.05, 4.69) is 38.4 Å². The highest BCUT2D eigenvalue weighted by molar-refractivity contribution is 14.0. The monoisotopic (exact) mass is 501 g/mol. The number of nitrogens with zero attached hydrogens (tertiary/aromatic N) is 3. The van der Waals surface area contributed by atoms with Crippen molar-refractivity contribution in [2.75, 3.05) is 46.9 Å². The van der Waals surface area contributed by atoms with Gasteiger partial charge in [-0.1, -0.05) is 6.07 Å². The molecule has 0 bridgehead atoms. The van der Waals surface area contributed by atoms with E-state index in [1.807, 2.05) is 19.2 Å². The molecular weight excluding hydrogens is 469 g/mol. The van der Waals surface area contributed by atoms with Crippen LogP contribution < -0.4 is 15.4 Å². The van der Waals surface area contributed by atoms with E-state index in [4.69, 9.17) is 4.74 Å². The van der Waals surface area contributed by atoms with Crippen LogP contribution in [0.5, 0.6) is 5.75 Å². The summed E-state index contributed by atoms with van der Waals surface area (Å²) in [5.74, 6) is 1.93. The molecule has 0 unspecified atom stereocenters. The van der Waals surface area contributed by atoms with Gasteiger partial charge in [-0.25, -0.2) is 0 Å². The Labute approximate surface area is 184 Å².